The maximum atomic E-state index is 13.4. The molecule has 176 valence electrons. The summed E-state index contributed by atoms with van der Waals surface area (Å²) in [6.45, 7) is 6.10. The van der Waals surface area contributed by atoms with Gasteiger partial charge in [-0.05, 0) is 43.0 Å². The van der Waals surface area contributed by atoms with Crippen molar-refractivity contribution in [1.29, 1.82) is 0 Å². The van der Waals surface area contributed by atoms with Gasteiger partial charge in [0.15, 0.2) is 0 Å². The number of hydrogen-bond acceptors (Lipinski definition) is 4. The summed E-state index contributed by atoms with van der Waals surface area (Å²) in [6.07, 6.45) is 2.38. The van der Waals surface area contributed by atoms with Crippen LogP contribution in [0.3, 0.4) is 0 Å². The normalized spacial score (nSPS) is 11.6. The number of aromatic nitrogens is 1. The highest BCUT2D eigenvalue weighted by Gasteiger charge is 2.24. The lowest BCUT2D eigenvalue weighted by atomic mass is 9.98. The van der Waals surface area contributed by atoms with Crippen molar-refractivity contribution < 1.29 is 14.7 Å². The van der Waals surface area contributed by atoms with Crippen LogP contribution < -0.4 is 16.2 Å². The van der Waals surface area contributed by atoms with E-state index in [0.717, 1.165) is 16.8 Å². The molecule has 0 radical (unpaired) electrons. The minimum absolute atomic E-state index is 0.106. The van der Waals surface area contributed by atoms with E-state index in [1.807, 2.05) is 67.6 Å². The molecule has 1 atom stereocenters. The first-order chi connectivity index (χ1) is 16.4. The SMILES string of the molecule is C=C(C)NCCCC(NC(=O)c1cccn(C(c2ccccc2)c2ccccc2)c1=O)C(=O)O. The average Bonchev–Trinajstić information content (AvgIpc) is 2.83. The lowest BCUT2D eigenvalue weighted by Crippen LogP contribution is -2.43. The molecule has 0 saturated heterocycles. The van der Waals surface area contributed by atoms with E-state index in [1.54, 1.807) is 12.3 Å². The number of nitrogens with zero attached hydrogens (tertiary/aromatic N) is 1. The Balaban J connectivity index is 1.89. The number of carbonyl (C=O) groups excluding carboxylic acids is 1. The smallest absolute Gasteiger partial charge is 0.326 e. The molecule has 3 N–H and O–H groups in total. The molecule has 0 spiro atoms. The van der Waals surface area contributed by atoms with Gasteiger partial charge in [-0.3, -0.25) is 9.59 Å². The van der Waals surface area contributed by atoms with Crippen molar-refractivity contribution in [1.82, 2.24) is 15.2 Å². The Bertz CT molecular complexity index is 1150. The third-order valence-electron chi connectivity index (χ3n) is 5.43. The van der Waals surface area contributed by atoms with Crippen molar-refractivity contribution in [3.05, 3.63) is 118 Å². The largest absolute Gasteiger partial charge is 0.480 e. The molecule has 0 bridgehead atoms. The first-order valence-corrected chi connectivity index (χ1v) is 11.1. The molecule has 7 nitrogen and oxygen atoms in total. The molecule has 3 rings (SSSR count). The third kappa shape index (κ3) is 6.22. The van der Waals surface area contributed by atoms with E-state index in [2.05, 4.69) is 17.2 Å². The molecule has 2 aromatic carbocycles. The Kier molecular flexibility index (Phi) is 8.40. The van der Waals surface area contributed by atoms with Gasteiger partial charge in [-0.15, -0.1) is 0 Å². The summed E-state index contributed by atoms with van der Waals surface area (Å²) in [4.78, 5) is 38.1. The monoisotopic (exact) mass is 459 g/mol. The molecule has 1 aromatic heterocycles. The van der Waals surface area contributed by atoms with Crippen molar-refractivity contribution in [3.63, 3.8) is 0 Å². The molecule has 1 amide bonds. The summed E-state index contributed by atoms with van der Waals surface area (Å²) in [6, 6.07) is 20.6. The molecule has 0 fully saturated rings. The van der Waals surface area contributed by atoms with Gasteiger partial charge in [-0.2, -0.15) is 0 Å². The average molecular weight is 460 g/mol. The number of hydrogen-bond donors (Lipinski definition) is 3. The fourth-order valence-corrected chi connectivity index (χ4v) is 3.77. The molecule has 3 aromatic rings. The minimum atomic E-state index is -1.15. The highest BCUT2D eigenvalue weighted by atomic mass is 16.4. The molecular weight excluding hydrogens is 430 g/mol. The Labute approximate surface area is 198 Å². The summed E-state index contributed by atoms with van der Waals surface area (Å²) >= 11 is 0. The highest BCUT2D eigenvalue weighted by molar-refractivity contribution is 5.96. The predicted octanol–water partition coefficient (Wildman–Crippen LogP) is 3.57. The van der Waals surface area contributed by atoms with Crippen LogP contribution in [-0.4, -0.2) is 34.1 Å². The number of rotatable bonds is 11. The van der Waals surface area contributed by atoms with E-state index in [4.69, 9.17) is 0 Å². The molecule has 7 heteroatoms. The van der Waals surface area contributed by atoms with Gasteiger partial charge in [0.05, 0.1) is 6.04 Å². The first-order valence-electron chi connectivity index (χ1n) is 11.1. The molecule has 34 heavy (non-hydrogen) atoms. The number of allylic oxidation sites excluding steroid dienone is 1. The fraction of sp³-hybridized carbons (Fsp3) is 0.222. The lowest BCUT2D eigenvalue weighted by Gasteiger charge is -2.22. The molecule has 0 saturated carbocycles. The first kappa shape index (κ1) is 24.5. The van der Waals surface area contributed by atoms with Crippen LogP contribution in [0, 0.1) is 0 Å². The van der Waals surface area contributed by atoms with Gasteiger partial charge in [0, 0.05) is 18.4 Å². The van der Waals surface area contributed by atoms with Crippen molar-refractivity contribution in [3.8, 4) is 0 Å². The number of pyridine rings is 1. The van der Waals surface area contributed by atoms with Crippen LogP contribution in [0.2, 0.25) is 0 Å². The molecule has 1 heterocycles. The van der Waals surface area contributed by atoms with Crippen LogP contribution in [0.25, 0.3) is 0 Å². The van der Waals surface area contributed by atoms with Crippen LogP contribution in [0.5, 0.6) is 0 Å². The topological polar surface area (TPSA) is 100 Å². The lowest BCUT2D eigenvalue weighted by molar-refractivity contribution is -0.139. The zero-order chi connectivity index (χ0) is 24.5. The number of carboxylic acid groups (broad SMARTS) is 1. The molecule has 1 unspecified atom stereocenters. The number of amides is 1. The Morgan fingerprint density at radius 3 is 2.09 bits per heavy atom. The maximum Gasteiger partial charge on any atom is 0.326 e. The number of benzene rings is 2. The summed E-state index contributed by atoms with van der Waals surface area (Å²) in [5.74, 6) is -1.86. The van der Waals surface area contributed by atoms with Gasteiger partial charge in [-0.1, -0.05) is 67.2 Å². The summed E-state index contributed by atoms with van der Waals surface area (Å²) in [7, 11) is 0. The summed E-state index contributed by atoms with van der Waals surface area (Å²) < 4.78 is 1.51. The predicted molar refractivity (Wildman–Crippen MR) is 132 cm³/mol. The minimum Gasteiger partial charge on any atom is -0.480 e. The van der Waals surface area contributed by atoms with Gasteiger partial charge in [0.1, 0.15) is 11.6 Å². The van der Waals surface area contributed by atoms with Crippen LogP contribution in [0.15, 0.2) is 96.1 Å². The highest BCUT2D eigenvalue weighted by Crippen LogP contribution is 2.25. The third-order valence-corrected chi connectivity index (χ3v) is 5.43. The number of carbonyl (C=O) groups is 2. The van der Waals surface area contributed by atoms with Crippen LogP contribution in [-0.2, 0) is 4.79 Å². The Morgan fingerprint density at radius 1 is 0.971 bits per heavy atom. The fourth-order valence-electron chi connectivity index (χ4n) is 3.77. The van der Waals surface area contributed by atoms with Gasteiger partial charge in [-0.25, -0.2) is 4.79 Å². The van der Waals surface area contributed by atoms with E-state index in [0.29, 0.717) is 13.0 Å². The summed E-state index contributed by atoms with van der Waals surface area (Å²) in [5, 5.41) is 15.1. The molecule has 0 aliphatic heterocycles. The number of nitrogens with one attached hydrogen (secondary N) is 2. The summed E-state index contributed by atoms with van der Waals surface area (Å²) in [5.41, 5.74) is 1.96. The Hall–Kier alpha value is -4.13. The zero-order valence-corrected chi connectivity index (χ0v) is 19.1. The van der Waals surface area contributed by atoms with Crippen LogP contribution >= 0.6 is 0 Å². The van der Waals surface area contributed by atoms with Crippen LogP contribution in [0.1, 0.15) is 47.3 Å². The number of aliphatic carboxylic acids is 1. The van der Waals surface area contributed by atoms with Crippen LogP contribution in [0.4, 0.5) is 0 Å². The van der Waals surface area contributed by atoms with E-state index in [1.165, 1.54) is 10.6 Å². The van der Waals surface area contributed by atoms with Gasteiger partial charge >= 0.3 is 5.97 Å². The second kappa shape index (κ2) is 11.7. The van der Waals surface area contributed by atoms with Crippen molar-refractivity contribution in [2.75, 3.05) is 6.54 Å². The molecule has 0 aliphatic carbocycles. The second-order valence-electron chi connectivity index (χ2n) is 8.07. The number of carboxylic acids is 1. The van der Waals surface area contributed by atoms with Crippen molar-refractivity contribution in [2.45, 2.75) is 31.8 Å². The van der Waals surface area contributed by atoms with E-state index in [-0.39, 0.29) is 12.0 Å². The van der Waals surface area contributed by atoms with E-state index in [9.17, 15) is 19.5 Å². The quantitative estimate of drug-likeness (QED) is 0.381. The van der Waals surface area contributed by atoms with Gasteiger partial charge < -0.3 is 20.3 Å². The van der Waals surface area contributed by atoms with Crippen molar-refractivity contribution >= 4 is 11.9 Å². The van der Waals surface area contributed by atoms with E-state index < -0.39 is 29.5 Å². The Morgan fingerprint density at radius 2 is 1.56 bits per heavy atom. The van der Waals surface area contributed by atoms with E-state index >= 15 is 0 Å². The molecular formula is C27H29N3O4. The molecule has 0 aliphatic rings. The standard InChI is InChI=1S/C27H29N3O4/c1-19(2)28-17-9-16-23(27(33)34)29-25(31)22-15-10-18-30(26(22)32)24(20-11-5-3-6-12-20)21-13-7-4-8-14-21/h3-8,10-15,18,23-24,28H,1,9,16-17H2,2H3,(H,29,31)(H,33,34). The van der Waals surface area contributed by atoms with Gasteiger partial charge in [0.25, 0.3) is 11.5 Å². The zero-order valence-electron chi connectivity index (χ0n) is 19.1. The maximum absolute atomic E-state index is 13.4. The van der Waals surface area contributed by atoms with Gasteiger partial charge in [0.2, 0.25) is 0 Å². The second-order valence-corrected chi connectivity index (χ2v) is 8.07. The van der Waals surface area contributed by atoms with Crippen molar-refractivity contribution in [2.24, 2.45) is 0 Å².